The van der Waals surface area contributed by atoms with Crippen LogP contribution < -0.4 is 11.1 Å². The second-order valence-electron chi connectivity index (χ2n) is 4.93. The molecule has 3 nitrogen and oxygen atoms in total. The zero-order valence-corrected chi connectivity index (χ0v) is 11.8. The summed E-state index contributed by atoms with van der Waals surface area (Å²) in [6.07, 6.45) is -0.167. The van der Waals surface area contributed by atoms with Gasteiger partial charge in [0, 0.05) is 17.4 Å². The van der Waals surface area contributed by atoms with Crippen LogP contribution in [0.25, 0.3) is 0 Å². The minimum absolute atomic E-state index is 0.146. The van der Waals surface area contributed by atoms with Crippen molar-refractivity contribution in [2.45, 2.75) is 20.3 Å². The number of carbonyl (C=O) groups excluding carboxylic acids is 1. The number of nitrogens with one attached hydrogen (secondary N) is 1. The number of benzene rings is 2. The Hall–Kier alpha value is -2.43. The van der Waals surface area contributed by atoms with E-state index in [1.165, 1.54) is 6.07 Å². The zero-order valence-electron chi connectivity index (χ0n) is 11.8. The molecule has 5 heteroatoms. The third-order valence-corrected chi connectivity index (χ3v) is 3.35. The van der Waals surface area contributed by atoms with Crippen LogP contribution in [0.1, 0.15) is 16.7 Å². The molecule has 0 aliphatic heterocycles. The molecular formula is C16H16F2N2O. The van der Waals surface area contributed by atoms with Gasteiger partial charge in [-0.25, -0.2) is 8.78 Å². The predicted molar refractivity (Wildman–Crippen MR) is 79.0 cm³/mol. The highest BCUT2D eigenvalue weighted by Crippen LogP contribution is 2.25. The average Bonchev–Trinajstić information content (AvgIpc) is 2.42. The van der Waals surface area contributed by atoms with Crippen LogP contribution in [0, 0.1) is 25.5 Å². The van der Waals surface area contributed by atoms with Crippen molar-refractivity contribution < 1.29 is 13.6 Å². The van der Waals surface area contributed by atoms with Crippen molar-refractivity contribution in [2.75, 3.05) is 11.1 Å². The molecule has 3 N–H and O–H groups in total. The Morgan fingerprint density at radius 2 is 1.90 bits per heavy atom. The van der Waals surface area contributed by atoms with Crippen molar-refractivity contribution in [3.05, 3.63) is 58.7 Å². The Morgan fingerprint density at radius 1 is 1.19 bits per heavy atom. The van der Waals surface area contributed by atoms with Crippen molar-refractivity contribution in [3.8, 4) is 0 Å². The predicted octanol–water partition coefficient (Wildman–Crippen LogP) is 3.35. The number of nitrogens with two attached hydrogens (primary N) is 1. The van der Waals surface area contributed by atoms with Crippen LogP contribution in [0.3, 0.4) is 0 Å². The summed E-state index contributed by atoms with van der Waals surface area (Å²) in [7, 11) is 0. The lowest BCUT2D eigenvalue weighted by atomic mass is 10.1. The lowest BCUT2D eigenvalue weighted by molar-refractivity contribution is -0.115. The van der Waals surface area contributed by atoms with Gasteiger partial charge >= 0.3 is 0 Å². The van der Waals surface area contributed by atoms with Gasteiger partial charge in [0.25, 0.3) is 0 Å². The van der Waals surface area contributed by atoms with Crippen LogP contribution in [-0.2, 0) is 11.2 Å². The fraction of sp³-hybridized carbons (Fsp3) is 0.188. The van der Waals surface area contributed by atoms with E-state index < -0.39 is 11.6 Å². The lowest BCUT2D eigenvalue weighted by Crippen LogP contribution is -2.17. The number of anilines is 2. The fourth-order valence-corrected chi connectivity index (χ4v) is 2.08. The Kier molecular flexibility index (Phi) is 4.21. The number of nitrogen functional groups attached to an aromatic ring is 1. The molecule has 1 amide bonds. The van der Waals surface area contributed by atoms with Crippen molar-refractivity contribution in [3.63, 3.8) is 0 Å². The van der Waals surface area contributed by atoms with Crippen LogP contribution in [0.15, 0.2) is 30.3 Å². The average molecular weight is 290 g/mol. The second kappa shape index (κ2) is 5.91. The van der Waals surface area contributed by atoms with E-state index in [0.29, 0.717) is 11.4 Å². The molecule has 0 aromatic heterocycles. The van der Waals surface area contributed by atoms with E-state index >= 15 is 0 Å². The molecule has 21 heavy (non-hydrogen) atoms. The molecule has 0 saturated carbocycles. The number of aryl methyl sites for hydroxylation is 1. The first kappa shape index (κ1) is 15.0. The van der Waals surface area contributed by atoms with Crippen LogP contribution >= 0.6 is 0 Å². The maximum Gasteiger partial charge on any atom is 0.228 e. The summed E-state index contributed by atoms with van der Waals surface area (Å²) in [6.45, 7) is 3.65. The monoisotopic (exact) mass is 290 g/mol. The first-order valence-corrected chi connectivity index (χ1v) is 6.48. The number of hydrogen-bond acceptors (Lipinski definition) is 2. The molecule has 0 saturated heterocycles. The van der Waals surface area contributed by atoms with E-state index in [2.05, 4.69) is 5.32 Å². The molecule has 2 aromatic rings. The van der Waals surface area contributed by atoms with E-state index in [-0.39, 0.29) is 17.9 Å². The lowest BCUT2D eigenvalue weighted by Gasteiger charge is -2.13. The summed E-state index contributed by atoms with van der Waals surface area (Å²) in [5, 5.41) is 2.73. The van der Waals surface area contributed by atoms with Crippen molar-refractivity contribution in [2.24, 2.45) is 0 Å². The molecule has 2 aromatic carbocycles. The SMILES string of the molecule is Cc1ccc(N)c(C)c1NC(=O)Cc1ccc(F)cc1F. The molecule has 0 fully saturated rings. The third kappa shape index (κ3) is 3.37. The highest BCUT2D eigenvalue weighted by Gasteiger charge is 2.12. The van der Waals surface area contributed by atoms with Gasteiger partial charge in [-0.15, -0.1) is 0 Å². The largest absolute Gasteiger partial charge is 0.398 e. The van der Waals surface area contributed by atoms with E-state index in [0.717, 1.165) is 23.3 Å². The molecule has 110 valence electrons. The summed E-state index contributed by atoms with van der Waals surface area (Å²) >= 11 is 0. The van der Waals surface area contributed by atoms with Crippen LogP contribution in [0.5, 0.6) is 0 Å². The molecule has 0 spiro atoms. The number of hydrogen-bond donors (Lipinski definition) is 2. The summed E-state index contributed by atoms with van der Waals surface area (Å²) in [5.74, 6) is -1.78. The molecule has 2 rings (SSSR count). The Morgan fingerprint density at radius 3 is 2.57 bits per heavy atom. The van der Waals surface area contributed by atoms with E-state index in [1.54, 1.807) is 19.1 Å². The molecule has 0 aliphatic carbocycles. The van der Waals surface area contributed by atoms with Gasteiger partial charge in [0.05, 0.1) is 6.42 Å². The molecule has 0 heterocycles. The zero-order chi connectivity index (χ0) is 15.6. The quantitative estimate of drug-likeness (QED) is 0.852. The smallest absolute Gasteiger partial charge is 0.228 e. The molecular weight excluding hydrogens is 274 g/mol. The highest BCUT2D eigenvalue weighted by molar-refractivity contribution is 5.94. The highest BCUT2D eigenvalue weighted by atomic mass is 19.1. The molecule has 0 aliphatic rings. The standard InChI is InChI=1S/C16H16F2N2O/c1-9-3-6-14(19)10(2)16(9)20-15(21)7-11-4-5-12(17)8-13(11)18/h3-6,8H,7,19H2,1-2H3,(H,20,21). The Bertz CT molecular complexity index is 699. The number of amides is 1. The van der Waals surface area contributed by atoms with Gasteiger partial charge in [-0.05, 0) is 42.7 Å². The van der Waals surface area contributed by atoms with Crippen molar-refractivity contribution in [1.82, 2.24) is 0 Å². The van der Waals surface area contributed by atoms with Gasteiger partial charge in [-0.3, -0.25) is 4.79 Å². The van der Waals surface area contributed by atoms with Gasteiger partial charge in [-0.1, -0.05) is 12.1 Å². The number of carbonyl (C=O) groups is 1. The van der Waals surface area contributed by atoms with Gasteiger partial charge < -0.3 is 11.1 Å². The van der Waals surface area contributed by atoms with Gasteiger partial charge in [-0.2, -0.15) is 0 Å². The topological polar surface area (TPSA) is 55.1 Å². The summed E-state index contributed by atoms with van der Waals surface area (Å²) in [4.78, 5) is 12.0. The Balaban J connectivity index is 2.17. The second-order valence-corrected chi connectivity index (χ2v) is 4.93. The minimum atomic E-state index is -0.730. The van der Waals surface area contributed by atoms with Gasteiger partial charge in [0.15, 0.2) is 0 Å². The summed E-state index contributed by atoms with van der Waals surface area (Å²) in [5.41, 5.74) is 8.79. The minimum Gasteiger partial charge on any atom is -0.398 e. The summed E-state index contributed by atoms with van der Waals surface area (Å²) < 4.78 is 26.4. The van der Waals surface area contributed by atoms with Crippen molar-refractivity contribution in [1.29, 1.82) is 0 Å². The first-order valence-electron chi connectivity index (χ1n) is 6.48. The van der Waals surface area contributed by atoms with Crippen LogP contribution in [0.4, 0.5) is 20.2 Å². The Labute approximate surface area is 121 Å². The molecule has 0 bridgehead atoms. The number of rotatable bonds is 3. The number of halogens is 2. The summed E-state index contributed by atoms with van der Waals surface area (Å²) in [6, 6.07) is 6.72. The van der Waals surface area contributed by atoms with E-state index in [4.69, 9.17) is 5.73 Å². The van der Waals surface area contributed by atoms with Gasteiger partial charge in [0.1, 0.15) is 11.6 Å². The molecule has 0 unspecified atom stereocenters. The maximum atomic E-state index is 13.5. The third-order valence-electron chi connectivity index (χ3n) is 3.35. The van der Waals surface area contributed by atoms with E-state index in [1.807, 2.05) is 6.92 Å². The van der Waals surface area contributed by atoms with Crippen LogP contribution in [0.2, 0.25) is 0 Å². The normalized spacial score (nSPS) is 10.5. The van der Waals surface area contributed by atoms with Gasteiger partial charge in [0.2, 0.25) is 5.91 Å². The first-order chi connectivity index (χ1) is 9.88. The van der Waals surface area contributed by atoms with E-state index in [9.17, 15) is 13.6 Å². The maximum absolute atomic E-state index is 13.5. The molecule has 0 atom stereocenters. The fourth-order valence-electron chi connectivity index (χ4n) is 2.08. The van der Waals surface area contributed by atoms with Crippen LogP contribution in [-0.4, -0.2) is 5.91 Å². The van der Waals surface area contributed by atoms with Crippen molar-refractivity contribution >= 4 is 17.3 Å². The molecule has 0 radical (unpaired) electrons.